The second-order valence-electron chi connectivity index (χ2n) is 10.1. The van der Waals surface area contributed by atoms with E-state index in [1.165, 1.54) is 147 Å². The van der Waals surface area contributed by atoms with Crippen molar-refractivity contribution < 1.29 is 0 Å². The van der Waals surface area contributed by atoms with E-state index in [4.69, 9.17) is 0 Å². The molecule has 2 heteroatoms. The van der Waals surface area contributed by atoms with Crippen molar-refractivity contribution in [1.82, 2.24) is 0 Å². The average molecular weight is 506 g/mol. The molecule has 0 aliphatic heterocycles. The summed E-state index contributed by atoms with van der Waals surface area (Å²) in [5.74, 6) is 0. The van der Waals surface area contributed by atoms with E-state index in [1.807, 2.05) is 0 Å². The summed E-state index contributed by atoms with van der Waals surface area (Å²) >= 11 is 4.63. The standard InChI is InChI=1S/C28H58BrP/c1-5-9-13-16-19-22-26-30(29,25-12-8-4,27-23-20-17-14-10-6-2)28-24-21-18-15-11-7-3/h8H,4-7,9-28H2,1-3H3. The van der Waals surface area contributed by atoms with Crippen LogP contribution in [0.5, 0.6) is 0 Å². The summed E-state index contributed by atoms with van der Waals surface area (Å²) in [5, 5.41) is -1.77. The molecule has 0 aliphatic carbocycles. The number of hydrogen-bond donors (Lipinski definition) is 0. The van der Waals surface area contributed by atoms with Crippen LogP contribution >= 0.6 is 20.8 Å². The van der Waals surface area contributed by atoms with Gasteiger partial charge in [-0.25, -0.2) is 0 Å². The van der Waals surface area contributed by atoms with Crippen LogP contribution in [0.1, 0.15) is 143 Å². The average Bonchev–Trinajstić information content (AvgIpc) is 2.75. The quantitative estimate of drug-likeness (QED) is 0.0695. The van der Waals surface area contributed by atoms with E-state index in [0.29, 0.717) is 0 Å². The summed E-state index contributed by atoms with van der Waals surface area (Å²) < 4.78 is 0. The third kappa shape index (κ3) is 16.3. The Hall–Kier alpha value is 0.650. The first kappa shape index (κ1) is 30.6. The predicted octanol–water partition coefficient (Wildman–Crippen LogP) is 11.5. The monoisotopic (exact) mass is 504 g/mol. The molecule has 30 heavy (non-hydrogen) atoms. The van der Waals surface area contributed by atoms with Crippen LogP contribution in [0.2, 0.25) is 0 Å². The van der Waals surface area contributed by atoms with Crippen molar-refractivity contribution in [2.24, 2.45) is 0 Å². The second kappa shape index (κ2) is 20.3. The molecule has 0 bridgehead atoms. The van der Waals surface area contributed by atoms with Gasteiger partial charge in [-0.05, 0) is 0 Å². The van der Waals surface area contributed by atoms with Crippen molar-refractivity contribution in [3.63, 3.8) is 0 Å². The summed E-state index contributed by atoms with van der Waals surface area (Å²) in [5.41, 5.74) is 0. The number of hydrogen-bond acceptors (Lipinski definition) is 0. The summed E-state index contributed by atoms with van der Waals surface area (Å²) in [4.78, 5) is 0. The van der Waals surface area contributed by atoms with E-state index in [9.17, 15) is 0 Å². The molecule has 0 radical (unpaired) electrons. The van der Waals surface area contributed by atoms with Gasteiger partial charge in [0.15, 0.2) is 0 Å². The van der Waals surface area contributed by atoms with Crippen LogP contribution in [-0.4, -0.2) is 24.6 Å². The number of allylic oxidation sites excluding steroid dienone is 1. The van der Waals surface area contributed by atoms with Gasteiger partial charge < -0.3 is 0 Å². The Morgan fingerprint density at radius 1 is 0.500 bits per heavy atom. The van der Waals surface area contributed by atoms with Gasteiger partial charge in [0, 0.05) is 0 Å². The summed E-state index contributed by atoms with van der Waals surface area (Å²) in [6, 6.07) is 0. The van der Waals surface area contributed by atoms with E-state index in [1.54, 1.807) is 0 Å². The van der Waals surface area contributed by atoms with Crippen LogP contribution in [0.15, 0.2) is 12.7 Å². The molecule has 0 aromatic heterocycles. The molecule has 0 aromatic rings. The van der Waals surface area contributed by atoms with Crippen molar-refractivity contribution in [3.05, 3.63) is 12.7 Å². The summed E-state index contributed by atoms with van der Waals surface area (Å²) in [6.07, 6.45) is 35.0. The molecular formula is C28H58BrP. The molecule has 0 atom stereocenters. The molecule has 0 N–H and O–H groups in total. The summed E-state index contributed by atoms with van der Waals surface area (Å²) in [6.45, 7) is 11.0. The van der Waals surface area contributed by atoms with E-state index >= 15 is 0 Å². The zero-order valence-electron chi connectivity index (χ0n) is 21.4. The van der Waals surface area contributed by atoms with Gasteiger partial charge >= 0.3 is 201 Å². The minimum absolute atomic E-state index is 1.21. The number of rotatable bonds is 24. The van der Waals surface area contributed by atoms with Gasteiger partial charge in [-0.3, -0.25) is 0 Å². The van der Waals surface area contributed by atoms with Gasteiger partial charge in [-0.2, -0.15) is 0 Å². The fraction of sp³-hybridized carbons (Fsp3) is 0.929. The van der Waals surface area contributed by atoms with Gasteiger partial charge in [0.05, 0.1) is 0 Å². The molecule has 0 aromatic carbocycles. The Morgan fingerprint density at radius 2 is 0.800 bits per heavy atom. The molecule has 0 spiro atoms. The van der Waals surface area contributed by atoms with Crippen molar-refractivity contribution in [2.75, 3.05) is 24.6 Å². The SMILES string of the molecule is C=CCCP(Br)(CCCCCCCC)(CCCCCCCC)CCCCCCCC. The van der Waals surface area contributed by atoms with Crippen LogP contribution in [0, 0.1) is 0 Å². The van der Waals surface area contributed by atoms with Crippen LogP contribution in [0.25, 0.3) is 0 Å². The fourth-order valence-corrected chi connectivity index (χ4v) is 13.0. The molecule has 0 heterocycles. The minimum atomic E-state index is -1.77. The van der Waals surface area contributed by atoms with Crippen molar-refractivity contribution in [2.45, 2.75) is 143 Å². The Balaban J connectivity index is 4.82. The molecule has 182 valence electrons. The molecule has 0 nitrogen and oxygen atoms in total. The normalized spacial score (nSPS) is 13.3. The van der Waals surface area contributed by atoms with Gasteiger partial charge in [-0.15, -0.1) is 0 Å². The van der Waals surface area contributed by atoms with Gasteiger partial charge in [0.2, 0.25) is 0 Å². The molecule has 0 fully saturated rings. The summed E-state index contributed by atoms with van der Waals surface area (Å²) in [7, 11) is 0. The molecule has 0 rings (SSSR count). The zero-order valence-corrected chi connectivity index (χ0v) is 23.9. The van der Waals surface area contributed by atoms with Crippen molar-refractivity contribution in [3.8, 4) is 0 Å². The topological polar surface area (TPSA) is 0 Å². The first-order chi connectivity index (χ1) is 14.5. The van der Waals surface area contributed by atoms with Crippen molar-refractivity contribution in [1.29, 1.82) is 0 Å². The van der Waals surface area contributed by atoms with E-state index < -0.39 is 5.31 Å². The van der Waals surface area contributed by atoms with Crippen LogP contribution in [0.3, 0.4) is 0 Å². The van der Waals surface area contributed by atoms with Crippen LogP contribution < -0.4 is 0 Å². The van der Waals surface area contributed by atoms with Gasteiger partial charge in [-0.1, -0.05) is 0 Å². The van der Waals surface area contributed by atoms with E-state index in [2.05, 4.69) is 48.9 Å². The third-order valence-corrected chi connectivity index (χ3v) is 17.0. The van der Waals surface area contributed by atoms with Gasteiger partial charge in [0.25, 0.3) is 0 Å². The second-order valence-corrected chi connectivity index (χ2v) is 21.5. The van der Waals surface area contributed by atoms with Crippen LogP contribution in [0.4, 0.5) is 0 Å². The van der Waals surface area contributed by atoms with Gasteiger partial charge in [0.1, 0.15) is 0 Å². The zero-order chi connectivity index (χ0) is 22.4. The Morgan fingerprint density at radius 3 is 1.10 bits per heavy atom. The molecular weight excluding hydrogens is 447 g/mol. The first-order valence-corrected chi connectivity index (χ1v) is 18.9. The van der Waals surface area contributed by atoms with Crippen molar-refractivity contribution >= 4 is 20.8 Å². The molecule has 0 aliphatic rings. The molecule has 0 saturated heterocycles. The molecule has 0 amide bonds. The van der Waals surface area contributed by atoms with E-state index in [-0.39, 0.29) is 0 Å². The Labute approximate surface area is 200 Å². The maximum absolute atomic E-state index is 4.63. The maximum atomic E-state index is 4.63. The molecule has 0 unspecified atom stereocenters. The molecule has 0 saturated carbocycles. The number of halogens is 1. The Kier molecular flexibility index (Phi) is 20.7. The first-order valence-electron chi connectivity index (χ1n) is 13.9. The fourth-order valence-electron chi connectivity index (χ4n) is 4.95. The third-order valence-electron chi connectivity index (χ3n) is 7.10. The Bertz CT molecular complexity index is 335. The number of unbranched alkanes of at least 4 members (excludes halogenated alkanes) is 15. The van der Waals surface area contributed by atoms with E-state index in [0.717, 1.165) is 0 Å². The predicted molar refractivity (Wildman–Crippen MR) is 150 cm³/mol. The van der Waals surface area contributed by atoms with Crippen LogP contribution in [-0.2, 0) is 0 Å².